The zero-order chi connectivity index (χ0) is 17.7. The van der Waals surface area contributed by atoms with Crippen molar-refractivity contribution in [2.45, 2.75) is 25.1 Å². The molecule has 0 unspecified atom stereocenters. The van der Waals surface area contributed by atoms with Crippen LogP contribution in [0.2, 0.25) is 0 Å². The Morgan fingerprint density at radius 1 is 1.26 bits per heavy atom. The van der Waals surface area contributed by atoms with Crippen LogP contribution in [0.15, 0.2) is 29.2 Å². The number of sulfonamides is 1. The van der Waals surface area contributed by atoms with Crippen molar-refractivity contribution in [3.63, 3.8) is 0 Å². The van der Waals surface area contributed by atoms with Crippen molar-refractivity contribution in [1.29, 1.82) is 0 Å². The molecule has 0 atom stereocenters. The van der Waals surface area contributed by atoms with E-state index in [-0.39, 0.29) is 6.54 Å². The first kappa shape index (κ1) is 19.2. The molecule has 23 heavy (non-hydrogen) atoms. The summed E-state index contributed by atoms with van der Waals surface area (Å²) in [6, 6.07) is 4.40. The summed E-state index contributed by atoms with van der Waals surface area (Å²) < 4.78 is 66.8. The predicted molar refractivity (Wildman–Crippen MR) is 76.2 cm³/mol. The molecule has 0 saturated carbocycles. The van der Waals surface area contributed by atoms with Gasteiger partial charge in [-0.2, -0.15) is 4.31 Å². The Labute approximate surface area is 132 Å². The van der Waals surface area contributed by atoms with Crippen LogP contribution >= 0.6 is 0 Å². The highest BCUT2D eigenvalue weighted by Gasteiger charge is 2.35. The minimum Gasteiger partial charge on any atom is -0.404 e. The van der Waals surface area contributed by atoms with Crippen molar-refractivity contribution in [1.82, 2.24) is 9.62 Å². The Hall–Kier alpha value is -1.81. The number of carbonyl (C=O) groups excluding carboxylic acids is 1. The van der Waals surface area contributed by atoms with Gasteiger partial charge in [0.1, 0.15) is 10.6 Å². The summed E-state index contributed by atoms with van der Waals surface area (Å²) in [5, 5.41) is 2.43. The van der Waals surface area contributed by atoms with Crippen molar-refractivity contribution < 1.29 is 31.1 Å². The number of likely N-dealkylation sites (N-methyl/N-ethyl adjacent to an activating group) is 2. The second-order valence-electron chi connectivity index (χ2n) is 4.38. The van der Waals surface area contributed by atoms with Crippen molar-refractivity contribution >= 4 is 15.9 Å². The van der Waals surface area contributed by atoms with E-state index in [1.807, 2.05) is 0 Å². The topological polar surface area (TPSA) is 75.7 Å². The van der Waals surface area contributed by atoms with E-state index in [2.05, 4.69) is 10.1 Å². The maximum Gasteiger partial charge on any atom is 0.573 e. The molecule has 0 heterocycles. The van der Waals surface area contributed by atoms with Crippen LogP contribution in [0.3, 0.4) is 0 Å². The molecule has 0 aromatic heterocycles. The maximum atomic E-state index is 12.5. The van der Waals surface area contributed by atoms with Gasteiger partial charge in [0.05, 0.1) is 6.54 Å². The molecule has 0 aliphatic heterocycles. The normalized spacial score (nSPS) is 12.3. The summed E-state index contributed by atoms with van der Waals surface area (Å²) >= 11 is 0. The van der Waals surface area contributed by atoms with Gasteiger partial charge in [-0.1, -0.05) is 19.1 Å². The van der Waals surface area contributed by atoms with Gasteiger partial charge >= 0.3 is 6.36 Å². The quantitative estimate of drug-likeness (QED) is 0.809. The van der Waals surface area contributed by atoms with E-state index in [9.17, 15) is 26.4 Å². The molecule has 1 aromatic rings. The van der Waals surface area contributed by atoms with Gasteiger partial charge in [0.2, 0.25) is 15.9 Å². The first-order valence-corrected chi connectivity index (χ1v) is 8.17. The number of nitrogens with zero attached hydrogens (tertiary/aromatic N) is 1. The number of alkyl halides is 3. The highest BCUT2D eigenvalue weighted by molar-refractivity contribution is 7.89. The molecule has 1 rings (SSSR count). The molecular formula is C13H17F3N2O4S. The van der Waals surface area contributed by atoms with Crippen molar-refractivity contribution in [3.8, 4) is 5.75 Å². The molecule has 0 spiro atoms. The summed E-state index contributed by atoms with van der Waals surface area (Å²) in [7, 11) is -4.32. The lowest BCUT2D eigenvalue weighted by Gasteiger charge is -2.21. The van der Waals surface area contributed by atoms with Crippen LogP contribution in [0.5, 0.6) is 5.75 Å². The van der Waals surface area contributed by atoms with Crippen LogP contribution in [0.25, 0.3) is 0 Å². The van der Waals surface area contributed by atoms with Gasteiger partial charge in [-0.25, -0.2) is 8.42 Å². The third kappa shape index (κ3) is 5.39. The molecule has 0 aliphatic carbocycles. The molecule has 1 N–H and O–H groups in total. The van der Waals surface area contributed by atoms with E-state index in [0.29, 0.717) is 6.54 Å². The Bertz CT molecular complexity index is 647. The fourth-order valence-electron chi connectivity index (χ4n) is 1.79. The Balaban J connectivity index is 3.18. The van der Waals surface area contributed by atoms with E-state index < -0.39 is 39.5 Å². The lowest BCUT2D eigenvalue weighted by molar-refractivity contribution is -0.275. The first-order valence-electron chi connectivity index (χ1n) is 6.73. The molecule has 0 bridgehead atoms. The predicted octanol–water partition coefficient (Wildman–Crippen LogP) is 1.73. The Kier molecular flexibility index (Phi) is 6.39. The third-order valence-corrected chi connectivity index (χ3v) is 4.70. The van der Waals surface area contributed by atoms with Crippen LogP contribution < -0.4 is 10.1 Å². The van der Waals surface area contributed by atoms with Crippen LogP contribution in [-0.2, 0) is 14.8 Å². The lowest BCUT2D eigenvalue weighted by atomic mass is 10.3. The number of hydrogen-bond acceptors (Lipinski definition) is 4. The van der Waals surface area contributed by atoms with E-state index in [0.717, 1.165) is 16.4 Å². The number of hydrogen-bond donors (Lipinski definition) is 1. The molecular weight excluding hydrogens is 337 g/mol. The van der Waals surface area contributed by atoms with Gasteiger partial charge in [-0.15, -0.1) is 13.2 Å². The zero-order valence-electron chi connectivity index (χ0n) is 12.6. The summed E-state index contributed by atoms with van der Waals surface area (Å²) in [4.78, 5) is 10.9. The lowest BCUT2D eigenvalue weighted by Crippen LogP contribution is -2.40. The molecule has 0 saturated heterocycles. The van der Waals surface area contributed by atoms with Gasteiger partial charge in [0.15, 0.2) is 0 Å². The van der Waals surface area contributed by atoms with Crippen LogP contribution in [0, 0.1) is 0 Å². The van der Waals surface area contributed by atoms with Gasteiger partial charge in [-0.05, 0) is 19.1 Å². The average Bonchev–Trinajstić information content (AvgIpc) is 2.43. The summed E-state index contributed by atoms with van der Waals surface area (Å²) in [5.41, 5.74) is 0. The molecule has 1 amide bonds. The molecule has 130 valence electrons. The molecule has 0 radical (unpaired) electrons. The molecule has 10 heteroatoms. The van der Waals surface area contributed by atoms with Gasteiger partial charge < -0.3 is 10.1 Å². The van der Waals surface area contributed by atoms with Crippen LogP contribution in [0.4, 0.5) is 13.2 Å². The highest BCUT2D eigenvalue weighted by atomic mass is 32.2. The number of benzene rings is 1. The van der Waals surface area contributed by atoms with E-state index in [4.69, 9.17) is 0 Å². The standard InChI is InChI=1S/C13H17F3N2O4S/c1-3-17-12(19)9-18(4-2)23(20,21)11-8-6-5-7-10(11)22-13(14,15)16/h5-8H,3-4,9H2,1-2H3,(H,17,19). The van der Waals surface area contributed by atoms with Crippen molar-refractivity contribution in [2.24, 2.45) is 0 Å². The van der Waals surface area contributed by atoms with E-state index >= 15 is 0 Å². The number of ether oxygens (including phenoxy) is 1. The minimum atomic E-state index is -5.03. The molecule has 6 nitrogen and oxygen atoms in total. The highest BCUT2D eigenvalue weighted by Crippen LogP contribution is 2.31. The average molecular weight is 354 g/mol. The fraction of sp³-hybridized carbons (Fsp3) is 0.462. The smallest absolute Gasteiger partial charge is 0.404 e. The number of para-hydroxylation sites is 1. The van der Waals surface area contributed by atoms with Crippen molar-refractivity contribution in [3.05, 3.63) is 24.3 Å². The first-order chi connectivity index (χ1) is 10.6. The zero-order valence-corrected chi connectivity index (χ0v) is 13.4. The number of nitrogens with one attached hydrogen (secondary N) is 1. The number of rotatable bonds is 7. The van der Waals surface area contributed by atoms with Gasteiger partial charge in [0.25, 0.3) is 0 Å². The SMILES string of the molecule is CCNC(=O)CN(CC)S(=O)(=O)c1ccccc1OC(F)(F)F. The summed E-state index contributed by atoms with van der Waals surface area (Å²) in [5.74, 6) is -1.39. The van der Waals surface area contributed by atoms with E-state index in [1.54, 1.807) is 6.92 Å². The molecule has 0 fully saturated rings. The Morgan fingerprint density at radius 3 is 2.39 bits per heavy atom. The second-order valence-corrected chi connectivity index (χ2v) is 6.29. The monoisotopic (exact) mass is 354 g/mol. The number of halogens is 3. The fourth-order valence-corrected chi connectivity index (χ4v) is 3.31. The summed E-state index contributed by atoms with van der Waals surface area (Å²) in [6.07, 6.45) is -5.03. The second kappa shape index (κ2) is 7.64. The van der Waals surface area contributed by atoms with Crippen LogP contribution in [-0.4, -0.2) is 44.6 Å². The van der Waals surface area contributed by atoms with Gasteiger partial charge in [0, 0.05) is 13.1 Å². The maximum absolute atomic E-state index is 12.5. The van der Waals surface area contributed by atoms with E-state index in [1.165, 1.54) is 19.1 Å². The number of amides is 1. The molecule has 0 aliphatic rings. The summed E-state index contributed by atoms with van der Waals surface area (Å²) in [6.45, 7) is 2.87. The third-order valence-electron chi connectivity index (χ3n) is 2.74. The minimum absolute atomic E-state index is 0.0835. The largest absolute Gasteiger partial charge is 0.573 e. The van der Waals surface area contributed by atoms with Gasteiger partial charge in [-0.3, -0.25) is 4.79 Å². The van der Waals surface area contributed by atoms with Crippen LogP contribution in [0.1, 0.15) is 13.8 Å². The van der Waals surface area contributed by atoms with Crippen molar-refractivity contribution in [2.75, 3.05) is 19.6 Å². The number of carbonyl (C=O) groups is 1. The Morgan fingerprint density at radius 2 is 1.87 bits per heavy atom. The molecule has 1 aromatic carbocycles.